The van der Waals surface area contributed by atoms with Crippen LogP contribution in [0.2, 0.25) is 0 Å². The van der Waals surface area contributed by atoms with E-state index in [1.807, 2.05) is 0 Å². The molecule has 316 valence electrons. The maximum absolute atomic E-state index is 5.53. The molecule has 0 unspecified atom stereocenters. The van der Waals surface area contributed by atoms with Crippen molar-refractivity contribution in [3.63, 3.8) is 0 Å². The van der Waals surface area contributed by atoms with Gasteiger partial charge in [0.05, 0.1) is 22.2 Å². The molecule has 0 amide bonds. The number of hydrogen-bond donors (Lipinski definition) is 0. The zero-order valence-electron chi connectivity index (χ0n) is 37.2. The van der Waals surface area contributed by atoms with Crippen LogP contribution in [0.4, 0.5) is 17.1 Å². The van der Waals surface area contributed by atoms with Crippen molar-refractivity contribution in [1.82, 2.24) is 14.5 Å². The minimum absolute atomic E-state index is 0.174. The fraction of sp³-hybridized carbons (Fsp3) is 0.0476. The van der Waals surface area contributed by atoms with Crippen LogP contribution in [0.15, 0.2) is 231 Å². The van der Waals surface area contributed by atoms with Crippen molar-refractivity contribution < 1.29 is 0 Å². The van der Waals surface area contributed by atoms with Crippen molar-refractivity contribution in [1.29, 1.82) is 0 Å². The van der Waals surface area contributed by atoms with Gasteiger partial charge in [-0.15, -0.1) is 0 Å². The van der Waals surface area contributed by atoms with Gasteiger partial charge in [0, 0.05) is 49.6 Å². The maximum atomic E-state index is 5.53. The molecule has 0 fully saturated rings. The molecule has 4 nitrogen and oxygen atoms in total. The van der Waals surface area contributed by atoms with E-state index in [9.17, 15) is 0 Å². The summed E-state index contributed by atoms with van der Waals surface area (Å²) in [5.41, 5.74) is 18.0. The summed E-state index contributed by atoms with van der Waals surface area (Å²) in [6.07, 6.45) is 0. The highest BCUT2D eigenvalue weighted by atomic mass is 15.2. The summed E-state index contributed by atoms with van der Waals surface area (Å²) in [5.74, 6) is 0.677. The molecule has 0 N–H and O–H groups in total. The molecule has 0 radical (unpaired) electrons. The summed E-state index contributed by atoms with van der Waals surface area (Å²) in [4.78, 5) is 13.3. The van der Waals surface area contributed by atoms with Crippen molar-refractivity contribution in [2.45, 2.75) is 19.3 Å². The fourth-order valence-corrected chi connectivity index (χ4v) is 10.7. The first-order valence-corrected chi connectivity index (χ1v) is 23.1. The first kappa shape index (κ1) is 38.8. The van der Waals surface area contributed by atoms with Crippen LogP contribution in [0.1, 0.15) is 25.0 Å². The number of anilines is 3. The van der Waals surface area contributed by atoms with Crippen LogP contribution in [0, 0.1) is 0 Å². The standard InChI is InChI=1S/C63H44N4/c1-63(2)55-21-12-11-20-53(55)60-59-56(63)22-13-23-57(59)64-62(65-60)67-58-39-31-47(40-54(58)52-38-30-46-18-9-10-19-51(46)61(52)67)45-28-36-50(37-29-45)66(48-32-24-43(25-33-48)41-14-5-3-6-15-41)49-34-26-44(27-35-49)42-16-7-4-8-17-42/h3-40H,1-2H3. The average Bonchev–Trinajstić information content (AvgIpc) is 3.73. The Kier molecular flexibility index (Phi) is 8.84. The normalized spacial score (nSPS) is 12.7. The third-order valence-corrected chi connectivity index (χ3v) is 14.0. The van der Waals surface area contributed by atoms with Crippen LogP contribution in [-0.2, 0) is 5.41 Å². The molecule has 0 bridgehead atoms. The Balaban J connectivity index is 0.938. The van der Waals surface area contributed by atoms with Crippen LogP contribution in [0.25, 0.3) is 94.1 Å². The Morgan fingerprint density at radius 2 is 0.940 bits per heavy atom. The Labute approximate surface area is 389 Å². The van der Waals surface area contributed by atoms with Crippen LogP contribution in [-0.4, -0.2) is 14.5 Å². The zero-order valence-corrected chi connectivity index (χ0v) is 37.2. The van der Waals surface area contributed by atoms with Gasteiger partial charge in [0.1, 0.15) is 0 Å². The van der Waals surface area contributed by atoms with Crippen LogP contribution >= 0.6 is 0 Å². The molecule has 67 heavy (non-hydrogen) atoms. The highest BCUT2D eigenvalue weighted by molar-refractivity contribution is 6.19. The summed E-state index contributed by atoms with van der Waals surface area (Å²) in [5, 5.41) is 5.82. The summed E-state index contributed by atoms with van der Waals surface area (Å²) < 4.78 is 2.30. The molecule has 4 heteroatoms. The van der Waals surface area contributed by atoms with E-state index in [0.29, 0.717) is 5.95 Å². The third kappa shape index (κ3) is 6.29. The van der Waals surface area contributed by atoms with Gasteiger partial charge in [-0.25, -0.2) is 9.97 Å². The van der Waals surface area contributed by atoms with Gasteiger partial charge in [0.25, 0.3) is 0 Å². The second-order valence-electron chi connectivity index (χ2n) is 18.2. The number of nitrogens with zero attached hydrogens (tertiary/aromatic N) is 4. The largest absolute Gasteiger partial charge is 0.311 e. The van der Waals surface area contributed by atoms with Crippen molar-refractivity contribution >= 4 is 60.5 Å². The van der Waals surface area contributed by atoms with Gasteiger partial charge in [-0.2, -0.15) is 0 Å². The SMILES string of the molecule is CC1(C)c2ccccc2-c2nc(-n3c4ccc(-c5ccc(N(c6ccc(-c7ccccc7)cc6)c6ccc(-c7ccccc7)cc6)cc5)cc4c4ccc5ccccc5c43)nc3cccc1c23. The van der Waals surface area contributed by atoms with Crippen molar-refractivity contribution in [3.8, 4) is 50.6 Å². The molecule has 13 rings (SSSR count). The van der Waals surface area contributed by atoms with Gasteiger partial charge in [-0.3, -0.25) is 4.57 Å². The molecule has 0 aliphatic heterocycles. The third-order valence-electron chi connectivity index (χ3n) is 14.0. The lowest BCUT2D eigenvalue weighted by Crippen LogP contribution is -2.24. The first-order chi connectivity index (χ1) is 33.0. The summed E-state index contributed by atoms with van der Waals surface area (Å²) in [6.45, 7) is 4.63. The molecule has 0 saturated heterocycles. The van der Waals surface area contributed by atoms with E-state index in [-0.39, 0.29) is 5.41 Å². The molecule has 0 atom stereocenters. The minimum atomic E-state index is -0.174. The molecular formula is C63H44N4. The molecule has 0 spiro atoms. The lowest BCUT2D eigenvalue weighted by molar-refractivity contribution is 0.643. The number of rotatable bonds is 7. The van der Waals surface area contributed by atoms with E-state index in [1.54, 1.807) is 0 Å². The molecule has 10 aromatic carbocycles. The molecule has 1 aliphatic rings. The smallest absolute Gasteiger partial charge is 0.235 e. The van der Waals surface area contributed by atoms with Gasteiger partial charge in [0.15, 0.2) is 0 Å². The number of fused-ring (bicyclic) bond motifs is 7. The highest BCUT2D eigenvalue weighted by Crippen LogP contribution is 2.48. The highest BCUT2D eigenvalue weighted by Gasteiger charge is 2.35. The molecule has 2 heterocycles. The van der Waals surface area contributed by atoms with E-state index in [4.69, 9.17) is 9.97 Å². The number of aromatic nitrogens is 3. The molecule has 12 aromatic rings. The van der Waals surface area contributed by atoms with Gasteiger partial charge in [0.2, 0.25) is 5.95 Å². The second kappa shape index (κ2) is 15.3. The average molecular weight is 857 g/mol. The monoisotopic (exact) mass is 856 g/mol. The van der Waals surface area contributed by atoms with E-state index in [0.717, 1.165) is 61.2 Å². The summed E-state index contributed by atoms with van der Waals surface area (Å²) in [7, 11) is 0. The van der Waals surface area contributed by atoms with E-state index in [2.05, 4.69) is 254 Å². The molecule has 1 aliphatic carbocycles. The fourth-order valence-electron chi connectivity index (χ4n) is 10.7. The van der Waals surface area contributed by atoms with Gasteiger partial charge in [-0.1, -0.05) is 190 Å². The van der Waals surface area contributed by atoms with E-state index in [1.165, 1.54) is 55.1 Å². The Morgan fingerprint density at radius 1 is 0.403 bits per heavy atom. The van der Waals surface area contributed by atoms with Gasteiger partial charge in [-0.05, 0) is 104 Å². The van der Waals surface area contributed by atoms with Crippen molar-refractivity contribution in [2.75, 3.05) is 4.90 Å². The Hall–Kier alpha value is -8.60. The van der Waals surface area contributed by atoms with Crippen LogP contribution < -0.4 is 4.90 Å². The molecule has 2 aromatic heterocycles. The number of benzene rings is 10. The minimum Gasteiger partial charge on any atom is -0.311 e. The molecule has 0 saturated carbocycles. The predicted octanol–water partition coefficient (Wildman–Crippen LogP) is 16.7. The van der Waals surface area contributed by atoms with Crippen molar-refractivity contribution in [2.24, 2.45) is 0 Å². The zero-order chi connectivity index (χ0) is 44.6. The predicted molar refractivity (Wildman–Crippen MR) is 280 cm³/mol. The summed E-state index contributed by atoms with van der Waals surface area (Å²) in [6, 6.07) is 83.2. The molecular weight excluding hydrogens is 813 g/mol. The van der Waals surface area contributed by atoms with E-state index >= 15 is 0 Å². The quantitative estimate of drug-likeness (QED) is 0.160. The lowest BCUT2D eigenvalue weighted by atomic mass is 9.70. The lowest BCUT2D eigenvalue weighted by Gasteiger charge is -2.34. The van der Waals surface area contributed by atoms with Crippen LogP contribution in [0.3, 0.4) is 0 Å². The topological polar surface area (TPSA) is 34.0 Å². The number of hydrogen-bond acceptors (Lipinski definition) is 3. The Bertz CT molecular complexity index is 3770. The summed E-state index contributed by atoms with van der Waals surface area (Å²) >= 11 is 0. The van der Waals surface area contributed by atoms with Gasteiger partial charge >= 0.3 is 0 Å². The van der Waals surface area contributed by atoms with Crippen molar-refractivity contribution in [3.05, 3.63) is 242 Å². The van der Waals surface area contributed by atoms with Gasteiger partial charge < -0.3 is 4.90 Å². The second-order valence-corrected chi connectivity index (χ2v) is 18.2. The Morgan fingerprint density at radius 3 is 1.60 bits per heavy atom. The maximum Gasteiger partial charge on any atom is 0.235 e. The van der Waals surface area contributed by atoms with E-state index < -0.39 is 0 Å². The van der Waals surface area contributed by atoms with Crippen LogP contribution in [0.5, 0.6) is 0 Å². The first-order valence-electron chi connectivity index (χ1n) is 23.1.